The molecule has 15 heavy (non-hydrogen) atoms. The minimum atomic E-state index is -0.233. The Morgan fingerprint density at radius 2 is 2.20 bits per heavy atom. The lowest BCUT2D eigenvalue weighted by Crippen LogP contribution is -2.20. The van der Waals surface area contributed by atoms with Gasteiger partial charge in [0, 0.05) is 6.42 Å². The zero-order valence-electron chi connectivity index (χ0n) is 7.97. The molecule has 2 aromatic rings. The van der Waals surface area contributed by atoms with Crippen LogP contribution in [0.25, 0.3) is 10.2 Å². The van der Waals surface area contributed by atoms with Crippen LogP contribution in [-0.2, 0) is 0 Å². The van der Waals surface area contributed by atoms with Crippen LogP contribution >= 0.6 is 11.3 Å². The Kier molecular flexibility index (Phi) is 2.51. The van der Waals surface area contributed by atoms with E-state index in [0.29, 0.717) is 5.52 Å². The smallest absolute Gasteiger partial charge is 0.274 e. The quantitative estimate of drug-likeness (QED) is 0.727. The third kappa shape index (κ3) is 1.64. The highest BCUT2D eigenvalue weighted by molar-refractivity contribution is 7.16. The van der Waals surface area contributed by atoms with Gasteiger partial charge in [-0.2, -0.15) is 0 Å². The van der Waals surface area contributed by atoms with Crippen LogP contribution in [0.3, 0.4) is 0 Å². The van der Waals surface area contributed by atoms with E-state index in [1.807, 2.05) is 18.2 Å². The number of fused-ring (bicyclic) bond motifs is 1. The fourth-order valence-electron chi connectivity index (χ4n) is 1.42. The third-order valence-corrected chi connectivity index (χ3v) is 2.98. The number of hydrogen-bond donors (Lipinski definition) is 0. The van der Waals surface area contributed by atoms with Gasteiger partial charge in [0.05, 0.1) is 10.2 Å². The maximum atomic E-state index is 11.6. The number of allylic oxidation sites excluding steroid dienone is 1. The average molecular weight is 219 g/mol. The van der Waals surface area contributed by atoms with Gasteiger partial charge in [-0.15, -0.1) is 6.58 Å². The van der Waals surface area contributed by atoms with E-state index in [-0.39, 0.29) is 17.2 Å². The molecule has 4 heteroatoms. The summed E-state index contributed by atoms with van der Waals surface area (Å²) in [7, 11) is 0. The molecule has 0 amide bonds. The minimum absolute atomic E-state index is 0.181. The largest absolute Gasteiger partial charge is 0.314 e. The third-order valence-electron chi connectivity index (χ3n) is 2.05. The van der Waals surface area contributed by atoms with E-state index in [1.165, 1.54) is 10.6 Å². The van der Waals surface area contributed by atoms with Crippen molar-refractivity contribution in [1.29, 1.82) is 0 Å². The molecule has 1 heterocycles. The average Bonchev–Trinajstić information content (AvgIpc) is 2.54. The number of carbonyl (C=O) groups is 1. The molecule has 1 aromatic carbocycles. The van der Waals surface area contributed by atoms with Crippen molar-refractivity contribution in [2.75, 3.05) is 0 Å². The van der Waals surface area contributed by atoms with Gasteiger partial charge in [0.15, 0.2) is 0 Å². The predicted molar refractivity (Wildman–Crippen MR) is 61.5 cm³/mol. The van der Waals surface area contributed by atoms with E-state index in [9.17, 15) is 9.59 Å². The van der Waals surface area contributed by atoms with Crippen LogP contribution in [0.1, 0.15) is 11.2 Å². The van der Waals surface area contributed by atoms with Gasteiger partial charge in [-0.25, -0.2) is 4.57 Å². The minimum Gasteiger partial charge on any atom is -0.274 e. The number of rotatable bonds is 2. The van der Waals surface area contributed by atoms with Crippen molar-refractivity contribution in [1.82, 2.24) is 4.57 Å². The molecule has 0 radical (unpaired) electrons. The van der Waals surface area contributed by atoms with Crippen LogP contribution < -0.4 is 4.87 Å². The summed E-state index contributed by atoms with van der Waals surface area (Å²) in [4.78, 5) is 23.0. The van der Waals surface area contributed by atoms with Gasteiger partial charge in [0.2, 0.25) is 5.91 Å². The molecule has 2 rings (SSSR count). The van der Waals surface area contributed by atoms with Crippen molar-refractivity contribution in [2.24, 2.45) is 0 Å². The molecule has 3 nitrogen and oxygen atoms in total. The number of hydrogen-bond acceptors (Lipinski definition) is 3. The van der Waals surface area contributed by atoms with Gasteiger partial charge in [-0.1, -0.05) is 29.5 Å². The van der Waals surface area contributed by atoms with Crippen molar-refractivity contribution in [3.63, 3.8) is 0 Å². The van der Waals surface area contributed by atoms with Gasteiger partial charge in [-0.3, -0.25) is 9.59 Å². The Morgan fingerprint density at radius 1 is 1.47 bits per heavy atom. The summed E-state index contributed by atoms with van der Waals surface area (Å²) in [6, 6.07) is 7.26. The summed E-state index contributed by atoms with van der Waals surface area (Å²) >= 11 is 1.09. The second kappa shape index (κ2) is 3.82. The van der Waals surface area contributed by atoms with E-state index in [1.54, 1.807) is 6.07 Å². The van der Waals surface area contributed by atoms with Crippen molar-refractivity contribution in [3.05, 3.63) is 46.6 Å². The van der Waals surface area contributed by atoms with Gasteiger partial charge in [-0.05, 0) is 12.1 Å². The van der Waals surface area contributed by atoms with Crippen molar-refractivity contribution in [2.45, 2.75) is 6.42 Å². The number of nitrogens with zero attached hydrogens (tertiary/aromatic N) is 1. The lowest BCUT2D eigenvalue weighted by Gasteiger charge is -1.98. The molecule has 76 valence electrons. The van der Waals surface area contributed by atoms with Gasteiger partial charge in [0.1, 0.15) is 0 Å². The molecule has 0 aliphatic rings. The maximum Gasteiger partial charge on any atom is 0.314 e. The summed E-state index contributed by atoms with van der Waals surface area (Å²) in [6.07, 6.45) is 1.68. The molecule has 0 aliphatic heterocycles. The standard InChI is InChI=1S/C11H9NO2S/c1-2-5-10(13)12-8-6-3-4-7-9(8)15-11(12)14/h2-4,6-7H,1,5H2. The Morgan fingerprint density at radius 3 is 2.93 bits per heavy atom. The number of para-hydroxylation sites is 1. The second-order valence-electron chi connectivity index (χ2n) is 3.06. The molecule has 0 aliphatic carbocycles. The highest BCUT2D eigenvalue weighted by Gasteiger charge is 2.11. The Hall–Kier alpha value is -1.68. The Bertz CT molecular complexity index is 580. The Labute approximate surface area is 90.3 Å². The Balaban J connectivity index is 2.69. The van der Waals surface area contributed by atoms with Crippen LogP contribution in [0, 0.1) is 0 Å². The van der Waals surface area contributed by atoms with Crippen molar-refractivity contribution < 1.29 is 4.79 Å². The normalized spacial score (nSPS) is 10.4. The zero-order chi connectivity index (χ0) is 10.8. The highest BCUT2D eigenvalue weighted by atomic mass is 32.1. The molecular formula is C11H9NO2S. The number of thiazole rings is 1. The van der Waals surface area contributed by atoms with E-state index in [0.717, 1.165) is 16.0 Å². The lowest BCUT2D eigenvalue weighted by molar-refractivity contribution is 0.0920. The highest BCUT2D eigenvalue weighted by Crippen LogP contribution is 2.16. The van der Waals surface area contributed by atoms with Crippen molar-refractivity contribution >= 4 is 27.5 Å². The molecule has 1 aromatic heterocycles. The molecule has 0 saturated carbocycles. The summed E-state index contributed by atoms with van der Waals surface area (Å²) < 4.78 is 2.04. The molecular weight excluding hydrogens is 210 g/mol. The number of benzene rings is 1. The van der Waals surface area contributed by atoms with E-state index in [2.05, 4.69) is 6.58 Å². The second-order valence-corrected chi connectivity index (χ2v) is 4.05. The SMILES string of the molecule is C=CCC(=O)n1c(=O)sc2ccccc21. The summed E-state index contributed by atoms with van der Waals surface area (Å²) in [5.41, 5.74) is 0.680. The molecule has 0 fully saturated rings. The molecule has 0 N–H and O–H groups in total. The van der Waals surface area contributed by atoms with E-state index >= 15 is 0 Å². The molecule has 0 saturated heterocycles. The molecule has 0 spiro atoms. The van der Waals surface area contributed by atoms with Gasteiger partial charge >= 0.3 is 4.87 Å². The molecule has 0 atom stereocenters. The summed E-state index contributed by atoms with van der Waals surface area (Å²) in [6.45, 7) is 3.49. The first-order chi connectivity index (χ1) is 7.24. The zero-order valence-corrected chi connectivity index (χ0v) is 8.79. The first kappa shape index (κ1) is 9.86. The van der Waals surface area contributed by atoms with Crippen LogP contribution in [0.5, 0.6) is 0 Å². The molecule has 0 unspecified atom stereocenters. The van der Waals surface area contributed by atoms with Gasteiger partial charge < -0.3 is 0 Å². The van der Waals surface area contributed by atoms with Crippen LogP contribution in [0.2, 0.25) is 0 Å². The molecule has 0 bridgehead atoms. The topological polar surface area (TPSA) is 39.1 Å². The van der Waals surface area contributed by atoms with E-state index < -0.39 is 0 Å². The first-order valence-electron chi connectivity index (χ1n) is 4.48. The summed E-state index contributed by atoms with van der Waals surface area (Å²) in [5, 5.41) is 0. The van der Waals surface area contributed by atoms with Crippen molar-refractivity contribution in [3.8, 4) is 0 Å². The maximum absolute atomic E-state index is 11.6. The lowest BCUT2D eigenvalue weighted by atomic mass is 10.3. The van der Waals surface area contributed by atoms with Crippen LogP contribution in [0.4, 0.5) is 0 Å². The van der Waals surface area contributed by atoms with Gasteiger partial charge in [0.25, 0.3) is 0 Å². The van der Waals surface area contributed by atoms with E-state index in [4.69, 9.17) is 0 Å². The first-order valence-corrected chi connectivity index (χ1v) is 5.30. The fourth-order valence-corrected chi connectivity index (χ4v) is 2.31. The fraction of sp³-hybridized carbons (Fsp3) is 0.0909. The summed E-state index contributed by atoms with van der Waals surface area (Å²) in [5.74, 6) is -0.229. The number of carbonyl (C=O) groups excluding carboxylic acids is 1. The monoisotopic (exact) mass is 219 g/mol. The number of aromatic nitrogens is 1. The van der Waals surface area contributed by atoms with Crippen LogP contribution in [-0.4, -0.2) is 10.5 Å². The van der Waals surface area contributed by atoms with Crippen LogP contribution in [0.15, 0.2) is 41.7 Å². The predicted octanol–water partition coefficient (Wildman–Crippen LogP) is 2.28.